The molecule has 0 radical (unpaired) electrons. The summed E-state index contributed by atoms with van der Waals surface area (Å²) in [4.78, 5) is 23.1. The van der Waals surface area contributed by atoms with Crippen molar-refractivity contribution in [1.82, 2.24) is 5.32 Å². The molecule has 6 nitrogen and oxygen atoms in total. The summed E-state index contributed by atoms with van der Waals surface area (Å²) in [5.41, 5.74) is 1.01. The second-order valence-electron chi connectivity index (χ2n) is 4.43. The first-order chi connectivity index (χ1) is 9.56. The first kappa shape index (κ1) is 14.8. The first-order valence-electron chi connectivity index (χ1n) is 6.26. The number of hydrogen-bond acceptors (Lipinski definition) is 4. The molecule has 108 valence electrons. The molecule has 1 heterocycles. The third-order valence-electron chi connectivity index (χ3n) is 2.76. The van der Waals surface area contributed by atoms with E-state index in [0.29, 0.717) is 29.5 Å². The highest BCUT2D eigenvalue weighted by atomic mass is 35.5. The molecule has 0 bridgehead atoms. The van der Waals surface area contributed by atoms with E-state index in [1.54, 1.807) is 18.2 Å². The van der Waals surface area contributed by atoms with Gasteiger partial charge >= 0.3 is 0 Å². The van der Waals surface area contributed by atoms with Gasteiger partial charge in [0, 0.05) is 25.7 Å². The number of amides is 2. The Hall–Kier alpha value is -1.63. The monoisotopic (exact) mass is 297 g/mol. The van der Waals surface area contributed by atoms with Crippen LogP contribution in [0.25, 0.3) is 0 Å². The maximum atomic E-state index is 12.0. The third kappa shape index (κ3) is 3.93. The average molecular weight is 298 g/mol. The molecule has 20 heavy (non-hydrogen) atoms. The lowest BCUT2D eigenvalue weighted by Crippen LogP contribution is -2.45. The number of ether oxygens (including phenoxy) is 1. The number of halogens is 1. The van der Waals surface area contributed by atoms with Crippen molar-refractivity contribution in [3.05, 3.63) is 23.2 Å². The van der Waals surface area contributed by atoms with Crippen molar-refractivity contribution in [3.63, 3.8) is 0 Å². The van der Waals surface area contributed by atoms with Gasteiger partial charge in [0.1, 0.15) is 6.10 Å². The topological polar surface area (TPSA) is 79.5 Å². The molecule has 1 saturated heterocycles. The fraction of sp³-hybridized carbons (Fsp3) is 0.385. The highest BCUT2D eigenvalue weighted by Crippen LogP contribution is 2.25. The Morgan fingerprint density at radius 3 is 2.85 bits per heavy atom. The van der Waals surface area contributed by atoms with E-state index in [-0.39, 0.29) is 11.8 Å². The minimum absolute atomic E-state index is 0.190. The van der Waals surface area contributed by atoms with Crippen LogP contribution in [-0.4, -0.2) is 37.6 Å². The zero-order chi connectivity index (χ0) is 14.5. The Morgan fingerprint density at radius 1 is 1.40 bits per heavy atom. The van der Waals surface area contributed by atoms with Crippen molar-refractivity contribution in [3.8, 4) is 0 Å². The zero-order valence-corrected chi connectivity index (χ0v) is 11.8. The summed E-state index contributed by atoms with van der Waals surface area (Å²) in [5, 5.41) is 8.82. The number of hydrogen-bond donors (Lipinski definition) is 3. The quantitative estimate of drug-likeness (QED) is 0.784. The summed E-state index contributed by atoms with van der Waals surface area (Å²) >= 11 is 6.03. The van der Waals surface area contributed by atoms with Gasteiger partial charge in [0.15, 0.2) is 0 Å². The molecule has 1 fully saturated rings. The fourth-order valence-corrected chi connectivity index (χ4v) is 2.01. The summed E-state index contributed by atoms with van der Waals surface area (Å²) < 4.78 is 5.36. The van der Waals surface area contributed by atoms with E-state index in [2.05, 4.69) is 16.0 Å². The molecular formula is C13H16ClN3O3. The molecule has 2 amide bonds. The second-order valence-corrected chi connectivity index (χ2v) is 4.84. The van der Waals surface area contributed by atoms with Crippen LogP contribution in [0.4, 0.5) is 11.4 Å². The SMILES string of the molecule is CC(=O)Nc1ccc(Cl)c(NC(=O)C2CNCCO2)c1. The van der Waals surface area contributed by atoms with Gasteiger partial charge in [-0.25, -0.2) is 0 Å². The van der Waals surface area contributed by atoms with Crippen LogP contribution in [0, 0.1) is 0 Å². The molecule has 0 spiro atoms. The lowest BCUT2D eigenvalue weighted by molar-refractivity contribution is -0.128. The highest BCUT2D eigenvalue weighted by molar-refractivity contribution is 6.34. The van der Waals surface area contributed by atoms with Gasteiger partial charge in [-0.15, -0.1) is 0 Å². The largest absolute Gasteiger partial charge is 0.366 e. The molecule has 0 aromatic heterocycles. The van der Waals surface area contributed by atoms with E-state index < -0.39 is 6.10 Å². The van der Waals surface area contributed by atoms with Crippen LogP contribution >= 0.6 is 11.6 Å². The summed E-state index contributed by atoms with van der Waals surface area (Å²) in [7, 11) is 0. The number of rotatable bonds is 3. The standard InChI is InChI=1S/C13H16ClN3O3/c1-8(18)16-9-2-3-10(14)11(6-9)17-13(19)12-7-15-4-5-20-12/h2-3,6,12,15H,4-5,7H2,1H3,(H,16,18)(H,17,19). The summed E-state index contributed by atoms with van der Waals surface area (Å²) in [6.07, 6.45) is -0.538. The molecule has 1 unspecified atom stereocenters. The molecule has 1 atom stereocenters. The smallest absolute Gasteiger partial charge is 0.254 e. The Morgan fingerprint density at radius 2 is 2.20 bits per heavy atom. The van der Waals surface area contributed by atoms with Crippen molar-refractivity contribution in [2.75, 3.05) is 30.3 Å². The van der Waals surface area contributed by atoms with E-state index in [1.165, 1.54) is 6.92 Å². The van der Waals surface area contributed by atoms with Crippen LogP contribution in [0.15, 0.2) is 18.2 Å². The fourth-order valence-electron chi connectivity index (χ4n) is 1.85. The van der Waals surface area contributed by atoms with Gasteiger partial charge in [-0.2, -0.15) is 0 Å². The van der Waals surface area contributed by atoms with Gasteiger partial charge in [-0.1, -0.05) is 11.6 Å². The molecule has 0 aliphatic carbocycles. The van der Waals surface area contributed by atoms with Gasteiger partial charge in [0.2, 0.25) is 5.91 Å². The molecule has 1 aliphatic heterocycles. The minimum Gasteiger partial charge on any atom is -0.366 e. The first-order valence-corrected chi connectivity index (χ1v) is 6.64. The summed E-state index contributed by atoms with van der Waals surface area (Å²) in [6, 6.07) is 4.89. The summed E-state index contributed by atoms with van der Waals surface area (Å²) in [6.45, 7) is 3.11. The van der Waals surface area contributed by atoms with Crippen molar-refractivity contribution in [2.24, 2.45) is 0 Å². The Kier molecular flexibility index (Phi) is 4.94. The number of carbonyl (C=O) groups is 2. The molecule has 1 aromatic rings. The van der Waals surface area contributed by atoms with Gasteiger partial charge in [-0.05, 0) is 18.2 Å². The Balaban J connectivity index is 2.07. The van der Waals surface area contributed by atoms with Crippen molar-refractivity contribution in [2.45, 2.75) is 13.0 Å². The van der Waals surface area contributed by atoms with Crippen LogP contribution in [0.3, 0.4) is 0 Å². The zero-order valence-electron chi connectivity index (χ0n) is 11.0. The third-order valence-corrected chi connectivity index (χ3v) is 3.09. The van der Waals surface area contributed by atoms with Crippen molar-refractivity contribution in [1.29, 1.82) is 0 Å². The van der Waals surface area contributed by atoms with E-state index in [0.717, 1.165) is 6.54 Å². The maximum Gasteiger partial charge on any atom is 0.254 e. The summed E-state index contributed by atoms with van der Waals surface area (Å²) in [5.74, 6) is -0.455. The normalized spacial score (nSPS) is 18.4. The maximum absolute atomic E-state index is 12.0. The second kappa shape index (κ2) is 6.69. The Labute approximate surface area is 121 Å². The number of anilines is 2. The average Bonchev–Trinajstić information content (AvgIpc) is 2.43. The minimum atomic E-state index is -0.538. The van der Waals surface area contributed by atoms with E-state index in [9.17, 15) is 9.59 Å². The van der Waals surface area contributed by atoms with E-state index in [1.807, 2.05) is 0 Å². The van der Waals surface area contributed by atoms with E-state index >= 15 is 0 Å². The molecule has 1 aromatic carbocycles. The highest BCUT2D eigenvalue weighted by Gasteiger charge is 2.22. The number of nitrogens with one attached hydrogen (secondary N) is 3. The molecule has 1 aliphatic rings. The number of benzene rings is 1. The lowest BCUT2D eigenvalue weighted by Gasteiger charge is -2.23. The lowest BCUT2D eigenvalue weighted by atomic mass is 10.2. The molecular weight excluding hydrogens is 282 g/mol. The van der Waals surface area contributed by atoms with Crippen LogP contribution in [0.1, 0.15) is 6.92 Å². The van der Waals surface area contributed by atoms with Crippen molar-refractivity contribution >= 4 is 34.8 Å². The van der Waals surface area contributed by atoms with Gasteiger partial charge in [0.25, 0.3) is 5.91 Å². The van der Waals surface area contributed by atoms with Crippen molar-refractivity contribution < 1.29 is 14.3 Å². The molecule has 2 rings (SSSR count). The Bertz CT molecular complexity index is 516. The van der Waals surface area contributed by atoms with E-state index in [4.69, 9.17) is 16.3 Å². The number of morpholine rings is 1. The predicted octanol–water partition coefficient (Wildman–Crippen LogP) is 1.23. The molecule has 3 N–H and O–H groups in total. The molecule has 7 heteroatoms. The predicted molar refractivity (Wildman–Crippen MR) is 77.0 cm³/mol. The van der Waals surface area contributed by atoms with Crippen LogP contribution in [-0.2, 0) is 14.3 Å². The van der Waals surface area contributed by atoms with Gasteiger partial charge in [-0.3, -0.25) is 9.59 Å². The van der Waals surface area contributed by atoms with Crippen LogP contribution < -0.4 is 16.0 Å². The number of carbonyl (C=O) groups excluding carboxylic acids is 2. The van der Waals surface area contributed by atoms with Gasteiger partial charge in [0.05, 0.1) is 17.3 Å². The van der Waals surface area contributed by atoms with Crippen LogP contribution in [0.2, 0.25) is 5.02 Å². The molecule has 0 saturated carbocycles. The van der Waals surface area contributed by atoms with Gasteiger partial charge < -0.3 is 20.7 Å². The van der Waals surface area contributed by atoms with Crippen LogP contribution in [0.5, 0.6) is 0 Å².